The third kappa shape index (κ3) is 7.17. The molecular formula is C33H33F3N8O2. The van der Waals surface area contributed by atoms with Crippen molar-refractivity contribution >= 4 is 34.4 Å². The van der Waals surface area contributed by atoms with Crippen LogP contribution in [-0.2, 0) is 11.0 Å². The second-order valence-electron chi connectivity index (χ2n) is 12.4. The van der Waals surface area contributed by atoms with Crippen LogP contribution in [0.3, 0.4) is 0 Å². The van der Waals surface area contributed by atoms with Gasteiger partial charge in [-0.25, -0.2) is 14.6 Å². The molecule has 0 aliphatic heterocycles. The molecule has 0 unspecified atom stereocenters. The van der Waals surface area contributed by atoms with Gasteiger partial charge in [0.2, 0.25) is 0 Å². The Hall–Kier alpha value is -5.25. The molecule has 2 heterocycles. The molecule has 10 nitrogen and oxygen atoms in total. The number of nitriles is 1. The number of benzene rings is 2. The number of carbonyl (C=O) groups is 2. The van der Waals surface area contributed by atoms with Crippen molar-refractivity contribution in [2.75, 3.05) is 11.1 Å². The molecule has 2 aromatic heterocycles. The quantitative estimate of drug-likeness (QED) is 0.164. The number of amides is 2. The average Bonchev–Trinajstić information content (AvgIpc) is 3.41. The Balaban J connectivity index is 1.30. The van der Waals surface area contributed by atoms with Crippen molar-refractivity contribution in [3.8, 4) is 17.3 Å². The van der Waals surface area contributed by atoms with Crippen molar-refractivity contribution in [2.45, 2.75) is 64.7 Å². The molecule has 0 radical (unpaired) electrons. The summed E-state index contributed by atoms with van der Waals surface area (Å²) in [6.07, 6.45) is 1.38. The van der Waals surface area contributed by atoms with Gasteiger partial charge in [0.1, 0.15) is 29.5 Å². The lowest BCUT2D eigenvalue weighted by atomic mass is 9.90. The molecule has 46 heavy (non-hydrogen) atoms. The summed E-state index contributed by atoms with van der Waals surface area (Å²) in [5.74, 6) is -0.650. The van der Waals surface area contributed by atoms with Crippen molar-refractivity contribution in [3.05, 3.63) is 77.6 Å². The number of halogens is 3. The number of nitrogen functional groups attached to an aromatic ring is 1. The summed E-state index contributed by atoms with van der Waals surface area (Å²) >= 11 is 0. The van der Waals surface area contributed by atoms with E-state index in [1.54, 1.807) is 30.3 Å². The summed E-state index contributed by atoms with van der Waals surface area (Å²) in [6.45, 7) is 5.79. The standard InChI is InChI=1S/C33H33F3N8O2/c1-32(2,3)16-21(17-37)31(46)42-24-12-14-25(15-13-24)44-29-26(28(38)39-18-40-29)27(43-44)19-6-10-23(11-7-19)41-30(45)20-4-8-22(9-5-20)33(34,35)36/h4-11,16,18,24-25H,12-15H2,1-3H3,(H,41,45)(H,42,46)(H2,38,39,40)/b21-16-. The third-order valence-electron chi connectivity index (χ3n) is 7.73. The lowest BCUT2D eigenvalue weighted by molar-refractivity contribution is -0.137. The van der Waals surface area contributed by atoms with E-state index in [1.807, 2.05) is 31.5 Å². The van der Waals surface area contributed by atoms with Crippen molar-refractivity contribution in [1.29, 1.82) is 5.26 Å². The summed E-state index contributed by atoms with van der Waals surface area (Å²) in [6, 6.07) is 12.7. The molecule has 1 fully saturated rings. The van der Waals surface area contributed by atoms with Gasteiger partial charge in [0, 0.05) is 22.9 Å². The number of rotatable bonds is 6. The van der Waals surface area contributed by atoms with Gasteiger partial charge in [0.25, 0.3) is 11.8 Å². The normalized spacial score (nSPS) is 17.4. The van der Waals surface area contributed by atoms with Gasteiger partial charge in [0.15, 0.2) is 5.65 Å². The van der Waals surface area contributed by atoms with Crippen molar-refractivity contribution < 1.29 is 22.8 Å². The molecule has 0 spiro atoms. The fraction of sp³-hybridized carbons (Fsp3) is 0.333. The lowest BCUT2D eigenvalue weighted by Gasteiger charge is -2.29. The smallest absolute Gasteiger partial charge is 0.383 e. The number of alkyl halides is 3. The monoisotopic (exact) mass is 630 g/mol. The van der Waals surface area contributed by atoms with Gasteiger partial charge in [-0.1, -0.05) is 39.0 Å². The first-order valence-electron chi connectivity index (χ1n) is 14.7. The van der Waals surface area contributed by atoms with E-state index in [-0.39, 0.29) is 40.4 Å². The molecule has 4 aromatic rings. The first kappa shape index (κ1) is 32.2. The molecule has 0 saturated heterocycles. The van der Waals surface area contributed by atoms with E-state index in [9.17, 15) is 28.0 Å². The van der Waals surface area contributed by atoms with E-state index in [2.05, 4.69) is 20.6 Å². The zero-order valence-electron chi connectivity index (χ0n) is 25.5. The van der Waals surface area contributed by atoms with Gasteiger partial charge in [-0.3, -0.25) is 9.59 Å². The van der Waals surface area contributed by atoms with E-state index in [4.69, 9.17) is 10.8 Å². The zero-order chi connectivity index (χ0) is 33.2. The number of anilines is 2. The van der Waals surface area contributed by atoms with Crippen molar-refractivity contribution in [2.24, 2.45) is 5.41 Å². The Morgan fingerprint density at radius 2 is 1.65 bits per heavy atom. The Kier molecular flexibility index (Phi) is 8.83. The van der Waals surface area contributed by atoms with Gasteiger partial charge in [-0.15, -0.1) is 0 Å². The van der Waals surface area contributed by atoms with E-state index in [0.29, 0.717) is 53.7 Å². The van der Waals surface area contributed by atoms with Crippen LogP contribution in [0.1, 0.15) is 68.4 Å². The first-order valence-corrected chi connectivity index (χ1v) is 14.7. The number of hydrogen-bond acceptors (Lipinski definition) is 7. The Bertz CT molecular complexity index is 1820. The number of hydrogen-bond donors (Lipinski definition) is 3. The zero-order valence-corrected chi connectivity index (χ0v) is 25.5. The molecule has 2 amide bonds. The highest BCUT2D eigenvalue weighted by Crippen LogP contribution is 2.36. The number of fused-ring (bicyclic) bond motifs is 1. The molecule has 2 aromatic carbocycles. The van der Waals surface area contributed by atoms with Crippen LogP contribution in [0, 0.1) is 16.7 Å². The predicted molar refractivity (Wildman–Crippen MR) is 167 cm³/mol. The summed E-state index contributed by atoms with van der Waals surface area (Å²) < 4.78 is 40.4. The first-order chi connectivity index (χ1) is 21.7. The minimum absolute atomic E-state index is 0.0125. The van der Waals surface area contributed by atoms with E-state index in [0.717, 1.165) is 24.3 Å². The lowest BCUT2D eigenvalue weighted by Crippen LogP contribution is -2.38. The maximum Gasteiger partial charge on any atom is 0.416 e. The van der Waals surface area contributed by atoms with Crippen molar-refractivity contribution in [1.82, 2.24) is 25.1 Å². The van der Waals surface area contributed by atoms with E-state index >= 15 is 0 Å². The van der Waals surface area contributed by atoms with Crippen LogP contribution in [-0.4, -0.2) is 37.6 Å². The molecule has 1 saturated carbocycles. The van der Waals surface area contributed by atoms with Gasteiger partial charge >= 0.3 is 6.18 Å². The topological polar surface area (TPSA) is 152 Å². The molecule has 0 bridgehead atoms. The molecule has 0 atom stereocenters. The van der Waals surface area contributed by atoms with Gasteiger partial charge in [0.05, 0.1) is 17.0 Å². The van der Waals surface area contributed by atoms with Crippen LogP contribution in [0.2, 0.25) is 0 Å². The Labute approximate surface area is 263 Å². The summed E-state index contributed by atoms with van der Waals surface area (Å²) in [7, 11) is 0. The van der Waals surface area contributed by atoms with Crippen LogP contribution in [0.25, 0.3) is 22.3 Å². The minimum atomic E-state index is -4.49. The maximum absolute atomic E-state index is 12.9. The van der Waals surface area contributed by atoms with Crippen LogP contribution in [0.15, 0.2) is 66.5 Å². The highest BCUT2D eigenvalue weighted by Gasteiger charge is 2.31. The molecule has 5 rings (SSSR count). The number of carbonyl (C=O) groups excluding carboxylic acids is 2. The second kappa shape index (κ2) is 12.6. The molecule has 4 N–H and O–H groups in total. The largest absolute Gasteiger partial charge is 0.416 e. The fourth-order valence-electron chi connectivity index (χ4n) is 5.49. The van der Waals surface area contributed by atoms with E-state index in [1.165, 1.54) is 6.33 Å². The SMILES string of the molecule is CC(C)(C)/C=C(/C#N)C(=O)NC1CCC(n2nc(-c3ccc(NC(=O)c4ccc(C(F)(F)F)cc4)cc3)c3c(N)ncnc32)CC1. The number of aromatic nitrogens is 4. The molecular weight excluding hydrogens is 597 g/mol. The number of allylic oxidation sites excluding steroid dienone is 1. The molecule has 13 heteroatoms. The summed E-state index contributed by atoms with van der Waals surface area (Å²) in [5, 5.41) is 20.6. The van der Waals surface area contributed by atoms with Crippen LogP contribution >= 0.6 is 0 Å². The average molecular weight is 631 g/mol. The van der Waals surface area contributed by atoms with E-state index < -0.39 is 17.6 Å². The molecule has 1 aliphatic rings. The van der Waals surface area contributed by atoms with Crippen molar-refractivity contribution in [3.63, 3.8) is 0 Å². The Morgan fingerprint density at radius 1 is 1.00 bits per heavy atom. The van der Waals surface area contributed by atoms with Gasteiger partial charge in [-0.05, 0) is 67.5 Å². The van der Waals surface area contributed by atoms with Crippen LogP contribution in [0.4, 0.5) is 24.7 Å². The third-order valence-corrected chi connectivity index (χ3v) is 7.73. The minimum Gasteiger partial charge on any atom is -0.383 e. The second-order valence-corrected chi connectivity index (χ2v) is 12.4. The predicted octanol–water partition coefficient (Wildman–Crippen LogP) is 6.44. The van der Waals surface area contributed by atoms with Crippen LogP contribution in [0.5, 0.6) is 0 Å². The molecule has 1 aliphatic carbocycles. The molecule has 238 valence electrons. The highest BCUT2D eigenvalue weighted by molar-refractivity contribution is 6.04. The summed E-state index contributed by atoms with van der Waals surface area (Å²) in [5.41, 5.74) is 7.64. The summed E-state index contributed by atoms with van der Waals surface area (Å²) in [4.78, 5) is 34.0. The Morgan fingerprint density at radius 3 is 2.24 bits per heavy atom. The van der Waals surface area contributed by atoms with Crippen LogP contribution < -0.4 is 16.4 Å². The number of nitrogens with two attached hydrogens (primary N) is 1. The van der Waals surface area contributed by atoms with Gasteiger partial charge in [-0.2, -0.15) is 23.5 Å². The highest BCUT2D eigenvalue weighted by atomic mass is 19.4. The van der Waals surface area contributed by atoms with Gasteiger partial charge < -0.3 is 16.4 Å². The number of nitrogens with one attached hydrogen (secondary N) is 2. The number of nitrogens with zero attached hydrogens (tertiary/aromatic N) is 5. The fourth-order valence-corrected chi connectivity index (χ4v) is 5.49. The maximum atomic E-state index is 12.9.